The number of rotatable bonds is 4. The zero-order valence-corrected chi connectivity index (χ0v) is 12.5. The first-order valence-corrected chi connectivity index (χ1v) is 7.90. The number of aromatic nitrogens is 2. The van der Waals surface area contributed by atoms with Crippen molar-refractivity contribution in [2.45, 2.75) is 11.3 Å². The molecule has 0 spiro atoms. The summed E-state index contributed by atoms with van der Waals surface area (Å²) in [6, 6.07) is 0. The summed E-state index contributed by atoms with van der Waals surface area (Å²) in [5.74, 6) is -0.0909. The molecule has 0 aromatic carbocycles. The molecule has 1 aromatic rings. The summed E-state index contributed by atoms with van der Waals surface area (Å²) >= 11 is 0.908. The van der Waals surface area contributed by atoms with Crippen LogP contribution in [0.3, 0.4) is 0 Å². The first kappa shape index (κ1) is 14.3. The molecule has 2 rings (SSSR count). The molecule has 0 N–H and O–H groups in total. The van der Waals surface area contributed by atoms with E-state index in [9.17, 15) is 13.2 Å². The average molecular weight is 305 g/mol. The van der Waals surface area contributed by atoms with E-state index < -0.39 is 10.0 Å². The van der Waals surface area contributed by atoms with Gasteiger partial charge in [0.1, 0.15) is 0 Å². The summed E-state index contributed by atoms with van der Waals surface area (Å²) in [4.78, 5) is 15.2. The lowest BCUT2D eigenvalue weighted by Crippen LogP contribution is -2.26. The number of sulfonamides is 1. The zero-order chi connectivity index (χ0) is 14.2. The van der Waals surface area contributed by atoms with Crippen LogP contribution in [0.1, 0.15) is 6.92 Å². The Morgan fingerprint density at radius 1 is 1.37 bits per heavy atom. The Morgan fingerprint density at radius 2 is 2.05 bits per heavy atom. The van der Waals surface area contributed by atoms with Crippen LogP contribution in [0.25, 0.3) is 0 Å². The number of likely N-dealkylation sites (N-methyl/N-ethyl adjacent to an activating group) is 1. The minimum absolute atomic E-state index is 0.0909. The quantitative estimate of drug-likeness (QED) is 0.691. The minimum Gasteiger partial charge on any atom is -0.277 e. The van der Waals surface area contributed by atoms with E-state index in [4.69, 9.17) is 0 Å². The number of hydrogen-bond acceptors (Lipinski definition) is 7. The molecule has 1 saturated heterocycles. The Hall–Kier alpha value is -1.10. The molecular weight excluding hydrogens is 290 g/mol. The summed E-state index contributed by atoms with van der Waals surface area (Å²) in [5.41, 5.74) is 0. The van der Waals surface area contributed by atoms with Gasteiger partial charge >= 0.3 is 0 Å². The van der Waals surface area contributed by atoms with Gasteiger partial charge in [-0.05, 0) is 6.54 Å². The van der Waals surface area contributed by atoms with Crippen LogP contribution in [-0.2, 0) is 14.8 Å². The van der Waals surface area contributed by atoms with Gasteiger partial charge in [0.2, 0.25) is 15.4 Å². The van der Waals surface area contributed by atoms with Gasteiger partial charge in [0.25, 0.3) is 10.0 Å². The van der Waals surface area contributed by atoms with Crippen LogP contribution in [0.5, 0.6) is 0 Å². The van der Waals surface area contributed by atoms with Crippen LogP contribution in [0.4, 0.5) is 5.13 Å². The van der Waals surface area contributed by atoms with Gasteiger partial charge in [-0.1, -0.05) is 18.3 Å². The summed E-state index contributed by atoms with van der Waals surface area (Å²) in [5, 5.41) is 7.79. The fraction of sp³-hybridized carbons (Fsp3) is 0.667. The minimum atomic E-state index is -3.60. The predicted molar refractivity (Wildman–Crippen MR) is 70.4 cm³/mol. The fourth-order valence-corrected chi connectivity index (χ4v) is 3.69. The van der Waals surface area contributed by atoms with Crippen LogP contribution in [-0.4, -0.2) is 67.6 Å². The molecule has 0 aliphatic carbocycles. The maximum atomic E-state index is 11.9. The van der Waals surface area contributed by atoms with E-state index in [0.717, 1.165) is 22.2 Å². The SMILES string of the molecule is CCN1CC(=O)N(c2nnc(S(=O)(=O)N(C)C)s2)C1. The maximum Gasteiger partial charge on any atom is 0.271 e. The molecule has 19 heavy (non-hydrogen) atoms. The number of carbonyl (C=O) groups excluding carboxylic acids is 1. The molecule has 10 heteroatoms. The van der Waals surface area contributed by atoms with Gasteiger partial charge in [-0.3, -0.25) is 14.6 Å². The molecule has 0 radical (unpaired) electrons. The molecule has 0 unspecified atom stereocenters. The lowest BCUT2D eigenvalue weighted by Gasteiger charge is -2.12. The van der Waals surface area contributed by atoms with Crippen molar-refractivity contribution in [2.75, 3.05) is 38.8 Å². The second kappa shape index (κ2) is 5.12. The van der Waals surface area contributed by atoms with Gasteiger partial charge < -0.3 is 0 Å². The van der Waals surface area contributed by atoms with Crippen molar-refractivity contribution in [3.05, 3.63) is 0 Å². The number of amides is 1. The van der Waals surface area contributed by atoms with Crippen LogP contribution in [0.2, 0.25) is 0 Å². The topological polar surface area (TPSA) is 86.7 Å². The highest BCUT2D eigenvalue weighted by molar-refractivity contribution is 7.91. The summed E-state index contributed by atoms with van der Waals surface area (Å²) in [6.07, 6.45) is 0. The Kier molecular flexibility index (Phi) is 3.85. The molecule has 1 amide bonds. The normalized spacial score (nSPS) is 17.7. The van der Waals surface area contributed by atoms with E-state index in [-0.39, 0.29) is 10.2 Å². The monoisotopic (exact) mass is 305 g/mol. The predicted octanol–water partition coefficient (Wildman–Crippen LogP) is -0.586. The van der Waals surface area contributed by atoms with Crippen LogP contribution in [0, 0.1) is 0 Å². The van der Waals surface area contributed by atoms with E-state index in [2.05, 4.69) is 10.2 Å². The van der Waals surface area contributed by atoms with Gasteiger partial charge in [0.05, 0.1) is 13.2 Å². The van der Waals surface area contributed by atoms with Gasteiger partial charge in [0, 0.05) is 14.1 Å². The van der Waals surface area contributed by atoms with Crippen molar-refractivity contribution in [3.8, 4) is 0 Å². The van der Waals surface area contributed by atoms with E-state index >= 15 is 0 Å². The zero-order valence-electron chi connectivity index (χ0n) is 10.9. The summed E-state index contributed by atoms with van der Waals surface area (Å²) in [7, 11) is -0.742. The Bertz CT molecular complexity index is 582. The third-order valence-corrected chi connectivity index (χ3v) is 5.88. The van der Waals surface area contributed by atoms with Crippen molar-refractivity contribution in [2.24, 2.45) is 0 Å². The second-order valence-electron chi connectivity index (χ2n) is 4.25. The lowest BCUT2D eigenvalue weighted by atomic mass is 10.5. The molecule has 1 aliphatic rings. The van der Waals surface area contributed by atoms with Gasteiger partial charge in [0.15, 0.2) is 0 Å². The van der Waals surface area contributed by atoms with Crippen molar-refractivity contribution < 1.29 is 13.2 Å². The smallest absolute Gasteiger partial charge is 0.271 e. The maximum absolute atomic E-state index is 11.9. The van der Waals surface area contributed by atoms with Crippen molar-refractivity contribution in [1.82, 2.24) is 19.4 Å². The van der Waals surface area contributed by atoms with Crippen LogP contribution in [0.15, 0.2) is 4.34 Å². The Balaban J connectivity index is 2.25. The Labute approximate surface area is 115 Å². The van der Waals surface area contributed by atoms with Crippen molar-refractivity contribution in [3.63, 3.8) is 0 Å². The second-order valence-corrected chi connectivity index (χ2v) is 7.53. The highest BCUT2D eigenvalue weighted by Gasteiger charge is 2.32. The lowest BCUT2D eigenvalue weighted by molar-refractivity contribution is -0.116. The van der Waals surface area contributed by atoms with E-state index in [1.54, 1.807) is 0 Å². The number of hydrogen-bond donors (Lipinski definition) is 0. The molecule has 1 aromatic heterocycles. The number of anilines is 1. The van der Waals surface area contributed by atoms with Gasteiger partial charge in [-0.15, -0.1) is 10.2 Å². The molecule has 2 heterocycles. The Morgan fingerprint density at radius 3 is 2.58 bits per heavy atom. The highest BCUT2D eigenvalue weighted by Crippen LogP contribution is 2.27. The largest absolute Gasteiger partial charge is 0.277 e. The molecule has 1 fully saturated rings. The molecule has 0 bridgehead atoms. The van der Waals surface area contributed by atoms with Gasteiger partial charge in [-0.25, -0.2) is 12.7 Å². The molecule has 1 aliphatic heterocycles. The van der Waals surface area contributed by atoms with Crippen molar-refractivity contribution >= 4 is 32.4 Å². The van der Waals surface area contributed by atoms with E-state index in [1.807, 2.05) is 11.8 Å². The first-order chi connectivity index (χ1) is 8.86. The first-order valence-electron chi connectivity index (χ1n) is 5.65. The van der Waals surface area contributed by atoms with Crippen LogP contribution < -0.4 is 4.90 Å². The van der Waals surface area contributed by atoms with Crippen molar-refractivity contribution in [1.29, 1.82) is 0 Å². The number of carbonyl (C=O) groups is 1. The summed E-state index contributed by atoms with van der Waals surface area (Å²) in [6.45, 7) is 3.46. The van der Waals surface area contributed by atoms with Gasteiger partial charge in [-0.2, -0.15) is 0 Å². The molecule has 8 nitrogen and oxygen atoms in total. The molecule has 0 saturated carbocycles. The average Bonchev–Trinajstić information content (AvgIpc) is 2.94. The van der Waals surface area contributed by atoms with E-state index in [1.165, 1.54) is 19.0 Å². The fourth-order valence-electron chi connectivity index (χ4n) is 1.56. The number of nitrogens with zero attached hydrogens (tertiary/aromatic N) is 5. The highest BCUT2D eigenvalue weighted by atomic mass is 32.2. The standard InChI is InChI=1S/C9H15N5O3S2/c1-4-13-5-7(15)14(6-13)8-10-11-9(18-8)19(16,17)12(2)3/h4-6H2,1-3H3. The molecular formula is C9H15N5O3S2. The third-order valence-electron chi connectivity index (χ3n) is 2.78. The molecule has 0 atom stereocenters. The summed E-state index contributed by atoms with van der Waals surface area (Å²) < 4.78 is 24.7. The molecule has 106 valence electrons. The van der Waals surface area contributed by atoms with Crippen LogP contribution >= 0.6 is 11.3 Å². The third kappa shape index (κ3) is 2.61. The van der Waals surface area contributed by atoms with E-state index in [0.29, 0.717) is 18.3 Å².